The molecule has 0 atom stereocenters. The molecule has 5 heteroatoms. The van der Waals surface area contributed by atoms with Crippen molar-refractivity contribution in [1.29, 1.82) is 0 Å². The summed E-state index contributed by atoms with van der Waals surface area (Å²) >= 11 is 0. The Balaban J connectivity index is 0.000000243. The predicted octanol–water partition coefficient (Wildman–Crippen LogP) is 9.07. The third-order valence-corrected chi connectivity index (χ3v) is 8.32. The summed E-state index contributed by atoms with van der Waals surface area (Å²) in [6.45, 7) is 14.7. The normalized spacial score (nSPS) is 13.6. The minimum Gasteiger partial charge on any atom is -0.512 e. The van der Waals surface area contributed by atoms with Crippen LogP contribution in [0.3, 0.4) is 0 Å². The van der Waals surface area contributed by atoms with Crippen LogP contribution in [0.25, 0.3) is 33.1 Å². The maximum absolute atomic E-state index is 11.7. The van der Waals surface area contributed by atoms with Crippen LogP contribution in [0.2, 0.25) is 0 Å². The Kier molecular flexibility index (Phi) is 10.4. The molecule has 0 spiro atoms. The monoisotopic (exact) mass is 714 g/mol. The Labute approximate surface area is 252 Å². The molecule has 4 nitrogen and oxygen atoms in total. The van der Waals surface area contributed by atoms with Gasteiger partial charge in [-0.15, -0.1) is 29.1 Å². The molecule has 1 heterocycles. The van der Waals surface area contributed by atoms with Gasteiger partial charge in [-0.1, -0.05) is 82.8 Å². The number of aliphatic hydroxyl groups is 1. The summed E-state index contributed by atoms with van der Waals surface area (Å²) in [6, 6.07) is 20.2. The number of aryl methyl sites for hydroxylation is 1. The molecule has 0 amide bonds. The van der Waals surface area contributed by atoms with Gasteiger partial charge in [-0.3, -0.25) is 14.8 Å². The molecular weight excluding hydrogens is 673 g/mol. The average molecular weight is 714 g/mol. The van der Waals surface area contributed by atoms with Crippen LogP contribution in [-0.4, -0.2) is 20.9 Å². The number of aliphatic hydroxyl groups excluding tert-OH is 1. The minimum atomic E-state index is -0.180. The van der Waals surface area contributed by atoms with E-state index in [4.69, 9.17) is 9.97 Å². The zero-order valence-electron chi connectivity index (χ0n) is 24.8. The number of hydrogen-bond donors (Lipinski definition) is 1. The second kappa shape index (κ2) is 13.2. The predicted molar refractivity (Wildman–Crippen MR) is 162 cm³/mol. The SMILES string of the molecule is CCC(CC)C(=O)/C=C(\O)C(CC)CC.Cc1cccc2nc3c(nc12)C(C)(C)c1cccc2cc[c-]c-3c12.[Ir]. The number of allylic oxidation sites excluding steroid dienone is 2. The number of nitrogens with zero attached hydrogens (tertiary/aromatic N) is 2. The van der Waals surface area contributed by atoms with Crippen molar-refractivity contribution >= 4 is 27.6 Å². The molecule has 0 aliphatic heterocycles. The van der Waals surface area contributed by atoms with E-state index < -0.39 is 0 Å². The van der Waals surface area contributed by atoms with Gasteiger partial charge in [0.2, 0.25) is 0 Å². The molecular formula is C35H41IrN2O2-. The van der Waals surface area contributed by atoms with E-state index in [1.165, 1.54) is 28.0 Å². The average Bonchev–Trinajstić information content (AvgIpc) is 2.93. The van der Waals surface area contributed by atoms with E-state index >= 15 is 0 Å². The number of hydrogen-bond acceptors (Lipinski definition) is 4. The van der Waals surface area contributed by atoms with Crippen molar-refractivity contribution in [1.82, 2.24) is 9.97 Å². The Bertz CT molecular complexity index is 1530. The topological polar surface area (TPSA) is 63.1 Å². The summed E-state index contributed by atoms with van der Waals surface area (Å²) in [6.07, 6.45) is 4.91. The molecule has 1 aromatic heterocycles. The van der Waals surface area contributed by atoms with E-state index in [2.05, 4.69) is 57.2 Å². The van der Waals surface area contributed by atoms with E-state index in [0.29, 0.717) is 0 Å². The molecule has 5 rings (SSSR count). The molecule has 1 aliphatic carbocycles. The van der Waals surface area contributed by atoms with Crippen molar-refractivity contribution in [2.75, 3.05) is 0 Å². The first-order valence-electron chi connectivity index (χ1n) is 14.3. The Morgan fingerprint density at radius 2 is 1.60 bits per heavy atom. The summed E-state index contributed by atoms with van der Waals surface area (Å²) in [5, 5.41) is 12.3. The standard InChI is InChI=1S/C22H17N2.C13H24O2.Ir/c1-13-7-4-12-17-19(13)24-21-20(23-17)15-10-5-8-14-9-6-11-16(18(14)15)22(21,2)3;1-5-10(6-2)12(14)9-13(15)11(7-3)8-4;/h4-9,11-12H,1-3H3;9-11,14H,5-8H2,1-4H3;/q-1;;/b;12-9-;. The van der Waals surface area contributed by atoms with Gasteiger partial charge in [0, 0.05) is 54.8 Å². The summed E-state index contributed by atoms with van der Waals surface area (Å²) < 4.78 is 0. The summed E-state index contributed by atoms with van der Waals surface area (Å²) in [5.74, 6) is 0.547. The molecule has 0 bridgehead atoms. The van der Waals surface area contributed by atoms with Crippen molar-refractivity contribution in [3.63, 3.8) is 0 Å². The molecule has 4 aromatic rings. The summed E-state index contributed by atoms with van der Waals surface area (Å²) in [7, 11) is 0. The Hall–Kier alpha value is -2.88. The molecule has 1 radical (unpaired) electrons. The Morgan fingerprint density at radius 1 is 0.950 bits per heavy atom. The fourth-order valence-corrected chi connectivity index (χ4v) is 5.72. The van der Waals surface area contributed by atoms with Gasteiger partial charge >= 0.3 is 0 Å². The number of carbonyl (C=O) groups is 1. The number of carbonyl (C=O) groups excluding carboxylic acids is 1. The largest absolute Gasteiger partial charge is 0.512 e. The van der Waals surface area contributed by atoms with Crippen molar-refractivity contribution < 1.29 is 30.0 Å². The minimum absolute atomic E-state index is 0. The van der Waals surface area contributed by atoms with Gasteiger partial charge in [-0.25, -0.2) is 0 Å². The van der Waals surface area contributed by atoms with Gasteiger partial charge in [0.05, 0.1) is 16.8 Å². The maximum Gasteiger partial charge on any atom is 0.162 e. The van der Waals surface area contributed by atoms with Gasteiger partial charge < -0.3 is 5.11 Å². The molecule has 1 N–H and O–H groups in total. The van der Waals surface area contributed by atoms with E-state index in [1.54, 1.807) is 0 Å². The second-order valence-corrected chi connectivity index (χ2v) is 11.1. The van der Waals surface area contributed by atoms with Gasteiger partial charge in [0.25, 0.3) is 0 Å². The molecule has 3 aromatic carbocycles. The quantitative estimate of drug-likeness (QED) is 0.118. The van der Waals surface area contributed by atoms with E-state index in [0.717, 1.165) is 53.7 Å². The first-order chi connectivity index (χ1) is 18.7. The molecule has 0 saturated heterocycles. The van der Waals surface area contributed by atoms with Crippen molar-refractivity contribution in [2.24, 2.45) is 11.8 Å². The van der Waals surface area contributed by atoms with Crippen LogP contribution in [0.15, 0.2) is 60.4 Å². The van der Waals surface area contributed by atoms with Gasteiger partial charge in [0.1, 0.15) is 0 Å². The van der Waals surface area contributed by atoms with Crippen LogP contribution >= 0.6 is 0 Å². The molecule has 40 heavy (non-hydrogen) atoms. The van der Waals surface area contributed by atoms with Crippen LogP contribution in [0.4, 0.5) is 0 Å². The molecule has 1 aliphatic rings. The Morgan fingerprint density at radius 3 is 2.25 bits per heavy atom. The van der Waals surface area contributed by atoms with Crippen molar-refractivity contribution in [3.8, 4) is 11.3 Å². The number of aromatic nitrogens is 2. The number of ketones is 1. The second-order valence-electron chi connectivity index (χ2n) is 11.1. The van der Waals surface area contributed by atoms with Crippen LogP contribution in [-0.2, 0) is 30.3 Å². The third-order valence-electron chi connectivity index (χ3n) is 8.32. The number of benzene rings is 3. The van der Waals surface area contributed by atoms with Crippen molar-refractivity contribution in [2.45, 2.75) is 79.6 Å². The van der Waals surface area contributed by atoms with Gasteiger partial charge in [0.15, 0.2) is 5.78 Å². The first-order valence-corrected chi connectivity index (χ1v) is 14.3. The molecule has 213 valence electrons. The van der Waals surface area contributed by atoms with Gasteiger partial charge in [-0.05, 0) is 44.2 Å². The zero-order chi connectivity index (χ0) is 28.3. The van der Waals surface area contributed by atoms with Crippen LogP contribution in [0, 0.1) is 24.8 Å². The summed E-state index contributed by atoms with van der Waals surface area (Å²) in [4.78, 5) is 21.8. The number of rotatable bonds is 7. The van der Waals surface area contributed by atoms with Crippen LogP contribution < -0.4 is 0 Å². The van der Waals surface area contributed by atoms with E-state index in [1.807, 2.05) is 45.9 Å². The third kappa shape index (κ3) is 5.92. The van der Waals surface area contributed by atoms with Crippen LogP contribution in [0.1, 0.15) is 84.0 Å². The summed E-state index contributed by atoms with van der Waals surface area (Å²) in [5.41, 5.74) is 7.34. The number of fused-ring (bicyclic) bond motifs is 3. The molecule has 0 unspecified atom stereocenters. The van der Waals surface area contributed by atoms with Crippen LogP contribution in [0.5, 0.6) is 0 Å². The fraction of sp³-hybridized carbons (Fsp3) is 0.400. The molecule has 0 saturated carbocycles. The molecule has 0 fully saturated rings. The number of para-hydroxylation sites is 1. The fourth-order valence-electron chi connectivity index (χ4n) is 5.72. The van der Waals surface area contributed by atoms with E-state index in [-0.39, 0.29) is 48.9 Å². The zero-order valence-corrected chi connectivity index (χ0v) is 27.2. The first kappa shape index (κ1) is 31.6. The smallest absolute Gasteiger partial charge is 0.162 e. The maximum atomic E-state index is 11.7. The van der Waals surface area contributed by atoms with Crippen molar-refractivity contribution in [3.05, 3.63) is 83.3 Å². The van der Waals surface area contributed by atoms with E-state index in [9.17, 15) is 9.90 Å². The van der Waals surface area contributed by atoms with Gasteiger partial charge in [-0.2, -0.15) is 0 Å².